The first-order valence-corrected chi connectivity index (χ1v) is 11.1. The zero-order valence-corrected chi connectivity index (χ0v) is 18.0. The third-order valence-corrected chi connectivity index (χ3v) is 5.80. The van der Waals surface area contributed by atoms with Crippen molar-refractivity contribution in [3.8, 4) is 6.07 Å². The van der Waals surface area contributed by atoms with Crippen LogP contribution in [-0.2, 0) is 29.6 Å². The number of rotatable bonds is 6. The van der Waals surface area contributed by atoms with Gasteiger partial charge < -0.3 is 9.47 Å². The fourth-order valence-electron chi connectivity index (χ4n) is 3.02. The summed E-state index contributed by atoms with van der Waals surface area (Å²) in [6, 6.07) is 15.7. The predicted molar refractivity (Wildman–Crippen MR) is 110 cm³/mol. The third kappa shape index (κ3) is 5.22. The summed E-state index contributed by atoms with van der Waals surface area (Å²) in [6.07, 6.45) is -0.0793. The summed E-state index contributed by atoms with van der Waals surface area (Å²) in [7, 11) is -3.87. The molecule has 0 saturated carbocycles. The molecule has 29 heavy (non-hydrogen) atoms. The standard InChI is InChI=1S/C20H21NO5S.C2H6/c1-3-20(19-7-5-4-6-16(19)12-21)24-13-17(26-20)14-25-27(22,23)18-10-8-15(2)9-11-18;1-2/h4-11,17H,3,13-14H2,1-2H3;1-2H3/t17-,20+;/m1./s1. The summed E-state index contributed by atoms with van der Waals surface area (Å²) < 4.78 is 41.7. The van der Waals surface area contributed by atoms with E-state index in [0.717, 1.165) is 5.56 Å². The van der Waals surface area contributed by atoms with Crippen molar-refractivity contribution in [2.75, 3.05) is 13.2 Å². The van der Waals surface area contributed by atoms with Crippen molar-refractivity contribution in [1.29, 1.82) is 5.26 Å². The summed E-state index contributed by atoms with van der Waals surface area (Å²) in [4.78, 5) is 0.101. The molecule has 156 valence electrons. The van der Waals surface area contributed by atoms with Gasteiger partial charge in [-0.2, -0.15) is 13.7 Å². The summed E-state index contributed by atoms with van der Waals surface area (Å²) in [5, 5.41) is 9.35. The fraction of sp³-hybridized carbons (Fsp3) is 0.409. The van der Waals surface area contributed by atoms with Crippen molar-refractivity contribution in [2.45, 2.75) is 50.9 Å². The van der Waals surface area contributed by atoms with E-state index >= 15 is 0 Å². The van der Waals surface area contributed by atoms with Gasteiger partial charge in [0.2, 0.25) is 0 Å². The van der Waals surface area contributed by atoms with Crippen LogP contribution in [0.25, 0.3) is 0 Å². The molecule has 1 aliphatic heterocycles. The molecule has 0 N–H and O–H groups in total. The zero-order chi connectivity index (χ0) is 21.5. The lowest BCUT2D eigenvalue weighted by atomic mass is 9.98. The summed E-state index contributed by atoms with van der Waals surface area (Å²) in [6.45, 7) is 7.79. The predicted octanol–water partition coefficient (Wildman–Crippen LogP) is 4.28. The second kappa shape index (κ2) is 9.99. The highest BCUT2D eigenvalue weighted by Crippen LogP contribution is 2.39. The molecule has 0 aliphatic carbocycles. The second-order valence-electron chi connectivity index (χ2n) is 6.37. The largest absolute Gasteiger partial charge is 0.343 e. The highest BCUT2D eigenvalue weighted by atomic mass is 32.2. The van der Waals surface area contributed by atoms with Gasteiger partial charge in [-0.3, -0.25) is 4.18 Å². The molecule has 2 aromatic carbocycles. The fourth-order valence-corrected chi connectivity index (χ4v) is 3.95. The number of nitrogens with zero attached hydrogens (tertiary/aromatic N) is 1. The van der Waals surface area contributed by atoms with Crippen LogP contribution in [0.3, 0.4) is 0 Å². The lowest BCUT2D eigenvalue weighted by molar-refractivity contribution is -0.181. The Morgan fingerprint density at radius 1 is 1.17 bits per heavy atom. The maximum absolute atomic E-state index is 12.3. The molecule has 3 rings (SSSR count). The molecule has 0 radical (unpaired) electrons. The van der Waals surface area contributed by atoms with Crippen LogP contribution in [0.15, 0.2) is 53.4 Å². The van der Waals surface area contributed by atoms with Crippen LogP contribution in [0, 0.1) is 18.3 Å². The van der Waals surface area contributed by atoms with Gasteiger partial charge in [0.1, 0.15) is 6.10 Å². The second-order valence-corrected chi connectivity index (χ2v) is 7.98. The van der Waals surface area contributed by atoms with Crippen molar-refractivity contribution < 1.29 is 22.1 Å². The van der Waals surface area contributed by atoms with E-state index in [1.807, 2.05) is 33.8 Å². The van der Waals surface area contributed by atoms with Crippen molar-refractivity contribution in [3.63, 3.8) is 0 Å². The SMILES string of the molecule is CC.CC[C@]1(c2ccccc2C#N)OC[C@H](COS(=O)(=O)c2ccc(C)cc2)O1. The van der Waals surface area contributed by atoms with E-state index in [9.17, 15) is 13.7 Å². The van der Waals surface area contributed by atoms with Crippen molar-refractivity contribution in [3.05, 3.63) is 65.2 Å². The number of hydrogen-bond acceptors (Lipinski definition) is 6. The lowest BCUT2D eigenvalue weighted by Gasteiger charge is -2.28. The molecule has 1 fully saturated rings. The van der Waals surface area contributed by atoms with Gasteiger partial charge in [-0.05, 0) is 25.1 Å². The number of aryl methyl sites for hydroxylation is 1. The first-order valence-electron chi connectivity index (χ1n) is 9.67. The van der Waals surface area contributed by atoms with Crippen LogP contribution in [0.2, 0.25) is 0 Å². The van der Waals surface area contributed by atoms with E-state index in [1.54, 1.807) is 30.3 Å². The van der Waals surface area contributed by atoms with Crippen molar-refractivity contribution in [1.82, 2.24) is 0 Å². The number of ether oxygens (including phenoxy) is 2. The van der Waals surface area contributed by atoms with E-state index in [1.165, 1.54) is 12.1 Å². The smallest absolute Gasteiger partial charge is 0.297 e. The summed E-state index contributed by atoms with van der Waals surface area (Å²) in [5.74, 6) is -1.08. The van der Waals surface area contributed by atoms with Crippen LogP contribution in [-0.4, -0.2) is 27.7 Å². The van der Waals surface area contributed by atoms with E-state index in [4.69, 9.17) is 13.7 Å². The normalized spacial score (nSPS) is 21.1. The number of benzene rings is 2. The summed E-state index contributed by atoms with van der Waals surface area (Å²) >= 11 is 0. The van der Waals surface area contributed by atoms with E-state index < -0.39 is 22.0 Å². The molecule has 7 heteroatoms. The van der Waals surface area contributed by atoms with E-state index in [0.29, 0.717) is 17.5 Å². The van der Waals surface area contributed by atoms with Gasteiger partial charge in [0, 0.05) is 12.0 Å². The molecule has 1 saturated heterocycles. The molecule has 2 atom stereocenters. The minimum atomic E-state index is -3.87. The van der Waals surface area contributed by atoms with Gasteiger partial charge in [0.15, 0.2) is 5.79 Å². The van der Waals surface area contributed by atoms with Crippen molar-refractivity contribution in [2.24, 2.45) is 0 Å². The maximum atomic E-state index is 12.3. The first kappa shape index (κ1) is 23.0. The Bertz CT molecular complexity index is 950. The van der Waals surface area contributed by atoms with E-state index in [2.05, 4.69) is 6.07 Å². The van der Waals surface area contributed by atoms with Gasteiger partial charge in [-0.1, -0.05) is 56.7 Å². The topological polar surface area (TPSA) is 85.6 Å². The Labute approximate surface area is 173 Å². The molecule has 2 aromatic rings. The lowest BCUT2D eigenvalue weighted by Crippen LogP contribution is -2.29. The van der Waals surface area contributed by atoms with Crippen LogP contribution in [0.5, 0.6) is 0 Å². The molecular weight excluding hydrogens is 390 g/mol. The highest BCUT2D eigenvalue weighted by Gasteiger charge is 2.43. The molecule has 0 unspecified atom stereocenters. The van der Waals surface area contributed by atoms with Crippen LogP contribution >= 0.6 is 0 Å². The summed E-state index contributed by atoms with van der Waals surface area (Å²) in [5.41, 5.74) is 2.07. The monoisotopic (exact) mass is 417 g/mol. The molecule has 6 nitrogen and oxygen atoms in total. The van der Waals surface area contributed by atoms with Crippen LogP contribution in [0.1, 0.15) is 43.9 Å². The number of nitriles is 1. The van der Waals surface area contributed by atoms with E-state index in [-0.39, 0.29) is 18.1 Å². The Balaban J connectivity index is 0.00000145. The average Bonchev–Trinajstić information content (AvgIpc) is 3.19. The minimum Gasteiger partial charge on any atom is -0.343 e. The van der Waals surface area contributed by atoms with Gasteiger partial charge in [0.25, 0.3) is 10.1 Å². The minimum absolute atomic E-state index is 0.101. The molecular formula is C22H27NO5S. The molecule has 1 aliphatic rings. The Hall–Kier alpha value is -2.24. The highest BCUT2D eigenvalue weighted by molar-refractivity contribution is 7.86. The molecule has 0 spiro atoms. The molecule has 1 heterocycles. The molecule has 0 aromatic heterocycles. The van der Waals surface area contributed by atoms with Gasteiger partial charge >= 0.3 is 0 Å². The van der Waals surface area contributed by atoms with Gasteiger partial charge in [-0.15, -0.1) is 0 Å². The molecule has 0 amide bonds. The van der Waals surface area contributed by atoms with Crippen LogP contribution in [0.4, 0.5) is 0 Å². The van der Waals surface area contributed by atoms with Crippen LogP contribution < -0.4 is 0 Å². The maximum Gasteiger partial charge on any atom is 0.297 e. The zero-order valence-electron chi connectivity index (χ0n) is 17.2. The Morgan fingerprint density at radius 3 is 2.45 bits per heavy atom. The Morgan fingerprint density at radius 2 is 1.83 bits per heavy atom. The quantitative estimate of drug-likeness (QED) is 0.652. The third-order valence-electron chi connectivity index (χ3n) is 4.50. The average molecular weight is 418 g/mol. The Kier molecular flexibility index (Phi) is 7.94. The first-order chi connectivity index (χ1) is 13.9. The number of hydrogen-bond donors (Lipinski definition) is 0. The molecule has 0 bridgehead atoms. The van der Waals surface area contributed by atoms with Crippen molar-refractivity contribution >= 4 is 10.1 Å². The van der Waals surface area contributed by atoms with Gasteiger partial charge in [-0.25, -0.2) is 0 Å². The van der Waals surface area contributed by atoms with Gasteiger partial charge in [0.05, 0.1) is 29.7 Å².